The number of rotatable bonds is 5. The zero-order valence-electron chi connectivity index (χ0n) is 13.3. The number of nitrogens with one attached hydrogen (secondary N) is 1. The third-order valence-corrected chi connectivity index (χ3v) is 4.51. The predicted molar refractivity (Wildman–Crippen MR) is 92.5 cm³/mol. The molecule has 21 heavy (non-hydrogen) atoms. The summed E-state index contributed by atoms with van der Waals surface area (Å²) in [5, 5.41) is 11.0. The number of benzene rings is 1. The van der Waals surface area contributed by atoms with E-state index in [1.807, 2.05) is 25.2 Å². The van der Waals surface area contributed by atoms with E-state index in [0.717, 1.165) is 28.4 Å². The first-order valence-electron chi connectivity index (χ1n) is 7.93. The van der Waals surface area contributed by atoms with E-state index in [-0.39, 0.29) is 0 Å². The molecule has 1 aliphatic carbocycles. The van der Waals surface area contributed by atoms with Crippen molar-refractivity contribution in [1.29, 1.82) is 0 Å². The van der Waals surface area contributed by atoms with E-state index in [9.17, 15) is 0 Å². The Labute approximate surface area is 133 Å². The molecule has 1 saturated carbocycles. The lowest BCUT2D eigenvalue weighted by molar-refractivity contribution is 0.199. The molecule has 4 heteroatoms. The number of anilines is 1. The van der Waals surface area contributed by atoms with Crippen molar-refractivity contribution in [3.05, 3.63) is 28.8 Å². The fraction of sp³-hybridized carbons (Fsp3) is 0.588. The maximum atomic E-state index is 6.16. The van der Waals surface area contributed by atoms with Crippen LogP contribution in [0, 0.1) is 0 Å². The van der Waals surface area contributed by atoms with E-state index >= 15 is 0 Å². The molecule has 0 aromatic heterocycles. The third-order valence-electron chi connectivity index (χ3n) is 4.28. The SMILES string of the molecule is CC/C(=N/N(C)C1CCCCC1)c1cc(Cl)ccc1NC. The van der Waals surface area contributed by atoms with E-state index in [1.54, 1.807) is 0 Å². The summed E-state index contributed by atoms with van der Waals surface area (Å²) >= 11 is 6.16. The standard InChI is InChI=1S/C17H26ClN3/c1-4-16(15-12-13(18)10-11-17(15)19-2)20-21(3)14-8-6-5-7-9-14/h10-12,14,19H,4-9H2,1-3H3/b20-16-. The van der Waals surface area contributed by atoms with Crippen molar-refractivity contribution in [2.45, 2.75) is 51.5 Å². The first-order valence-corrected chi connectivity index (χ1v) is 8.31. The summed E-state index contributed by atoms with van der Waals surface area (Å²) in [5.74, 6) is 0. The van der Waals surface area contributed by atoms with Gasteiger partial charge in [0.1, 0.15) is 0 Å². The van der Waals surface area contributed by atoms with Crippen molar-refractivity contribution in [1.82, 2.24) is 5.01 Å². The third kappa shape index (κ3) is 4.13. The quantitative estimate of drug-likeness (QED) is 0.627. The Morgan fingerprint density at radius 2 is 2.05 bits per heavy atom. The molecule has 116 valence electrons. The van der Waals surface area contributed by atoms with Crippen LogP contribution in [0.1, 0.15) is 51.0 Å². The molecular weight excluding hydrogens is 282 g/mol. The number of halogens is 1. The summed E-state index contributed by atoms with van der Waals surface area (Å²) in [6.45, 7) is 2.15. The van der Waals surface area contributed by atoms with E-state index in [1.165, 1.54) is 32.1 Å². The summed E-state index contributed by atoms with van der Waals surface area (Å²) in [5.41, 5.74) is 3.28. The highest BCUT2D eigenvalue weighted by Gasteiger charge is 2.18. The molecule has 0 unspecified atom stereocenters. The van der Waals surface area contributed by atoms with E-state index in [4.69, 9.17) is 16.7 Å². The average molecular weight is 308 g/mol. The molecule has 0 aliphatic heterocycles. The molecule has 2 rings (SSSR count). The molecule has 1 aromatic rings. The Kier molecular flexibility index (Phi) is 5.92. The highest BCUT2D eigenvalue weighted by Crippen LogP contribution is 2.25. The minimum absolute atomic E-state index is 0.581. The van der Waals surface area contributed by atoms with Gasteiger partial charge in [0.25, 0.3) is 0 Å². The van der Waals surface area contributed by atoms with Crippen molar-refractivity contribution in [2.24, 2.45) is 5.10 Å². The van der Waals surface area contributed by atoms with Crippen LogP contribution in [-0.4, -0.2) is 30.9 Å². The lowest BCUT2D eigenvalue weighted by Gasteiger charge is -2.30. The highest BCUT2D eigenvalue weighted by atomic mass is 35.5. The second-order valence-electron chi connectivity index (χ2n) is 5.71. The van der Waals surface area contributed by atoms with Gasteiger partial charge in [-0.1, -0.05) is 37.8 Å². The smallest absolute Gasteiger partial charge is 0.0696 e. The second-order valence-corrected chi connectivity index (χ2v) is 6.14. The molecule has 0 bridgehead atoms. The summed E-state index contributed by atoms with van der Waals surface area (Å²) < 4.78 is 0. The zero-order chi connectivity index (χ0) is 15.2. The van der Waals surface area contributed by atoms with Crippen LogP contribution in [0.25, 0.3) is 0 Å². The number of nitrogens with zero attached hydrogens (tertiary/aromatic N) is 2. The molecule has 1 fully saturated rings. The van der Waals surface area contributed by atoms with Crippen LogP contribution in [0.5, 0.6) is 0 Å². The second kappa shape index (κ2) is 7.69. The van der Waals surface area contributed by atoms with Gasteiger partial charge in [-0.3, -0.25) is 5.01 Å². The molecule has 1 aromatic carbocycles. The lowest BCUT2D eigenvalue weighted by atomic mass is 9.95. The first kappa shape index (κ1) is 16.2. The number of hydrazone groups is 1. The van der Waals surface area contributed by atoms with Gasteiger partial charge in [-0.25, -0.2) is 0 Å². The Balaban J connectivity index is 2.25. The van der Waals surface area contributed by atoms with Crippen molar-refractivity contribution in [2.75, 3.05) is 19.4 Å². The van der Waals surface area contributed by atoms with E-state index < -0.39 is 0 Å². The van der Waals surface area contributed by atoms with Crippen LogP contribution in [0.3, 0.4) is 0 Å². The van der Waals surface area contributed by atoms with Gasteiger partial charge in [-0.05, 0) is 37.5 Å². The number of hydrogen-bond acceptors (Lipinski definition) is 3. The van der Waals surface area contributed by atoms with Crippen molar-refractivity contribution >= 4 is 23.0 Å². The van der Waals surface area contributed by atoms with Crippen LogP contribution in [0.2, 0.25) is 5.02 Å². The van der Waals surface area contributed by atoms with E-state index in [2.05, 4.69) is 24.3 Å². The first-order chi connectivity index (χ1) is 10.2. The minimum atomic E-state index is 0.581. The summed E-state index contributed by atoms with van der Waals surface area (Å²) in [7, 11) is 4.04. The molecule has 1 aliphatic rings. The summed E-state index contributed by atoms with van der Waals surface area (Å²) in [6, 6.07) is 6.51. The predicted octanol–water partition coefficient (Wildman–Crippen LogP) is 4.76. The van der Waals surface area contributed by atoms with Gasteiger partial charge in [0.2, 0.25) is 0 Å². The summed E-state index contributed by atoms with van der Waals surface area (Å²) in [4.78, 5) is 0. The van der Waals surface area contributed by atoms with Gasteiger partial charge in [-0.15, -0.1) is 0 Å². The zero-order valence-corrected chi connectivity index (χ0v) is 14.1. The Hall–Kier alpha value is -1.22. The van der Waals surface area contributed by atoms with Crippen LogP contribution < -0.4 is 5.32 Å². The van der Waals surface area contributed by atoms with Gasteiger partial charge < -0.3 is 5.32 Å². The maximum absolute atomic E-state index is 6.16. The van der Waals surface area contributed by atoms with Crippen LogP contribution in [0.15, 0.2) is 23.3 Å². The van der Waals surface area contributed by atoms with Gasteiger partial charge in [0.15, 0.2) is 0 Å². The van der Waals surface area contributed by atoms with Gasteiger partial charge in [0, 0.05) is 36.4 Å². The maximum Gasteiger partial charge on any atom is 0.0696 e. The van der Waals surface area contributed by atoms with Gasteiger partial charge >= 0.3 is 0 Å². The fourth-order valence-electron chi connectivity index (χ4n) is 3.02. The van der Waals surface area contributed by atoms with Crippen molar-refractivity contribution in [3.8, 4) is 0 Å². The molecule has 0 saturated heterocycles. The normalized spacial score (nSPS) is 16.9. The topological polar surface area (TPSA) is 27.6 Å². The van der Waals surface area contributed by atoms with Crippen LogP contribution in [-0.2, 0) is 0 Å². The Morgan fingerprint density at radius 3 is 2.67 bits per heavy atom. The average Bonchev–Trinajstić information content (AvgIpc) is 2.53. The Morgan fingerprint density at radius 1 is 1.33 bits per heavy atom. The molecule has 0 atom stereocenters. The van der Waals surface area contributed by atoms with Crippen molar-refractivity contribution < 1.29 is 0 Å². The molecule has 0 spiro atoms. The molecule has 0 radical (unpaired) electrons. The Bertz CT molecular complexity index is 493. The van der Waals surface area contributed by atoms with Crippen LogP contribution >= 0.6 is 11.6 Å². The molecule has 0 heterocycles. The monoisotopic (exact) mass is 307 g/mol. The number of hydrogen-bond donors (Lipinski definition) is 1. The lowest BCUT2D eigenvalue weighted by Crippen LogP contribution is -2.30. The molecule has 3 nitrogen and oxygen atoms in total. The molecule has 0 amide bonds. The van der Waals surface area contributed by atoms with E-state index in [0.29, 0.717) is 6.04 Å². The van der Waals surface area contributed by atoms with Crippen molar-refractivity contribution in [3.63, 3.8) is 0 Å². The molecular formula is C17H26ClN3. The molecule has 1 N–H and O–H groups in total. The van der Waals surface area contributed by atoms with Crippen LogP contribution in [0.4, 0.5) is 5.69 Å². The highest BCUT2D eigenvalue weighted by molar-refractivity contribution is 6.31. The minimum Gasteiger partial charge on any atom is -0.388 e. The summed E-state index contributed by atoms with van der Waals surface area (Å²) in [6.07, 6.45) is 7.42. The van der Waals surface area contributed by atoms with Gasteiger partial charge in [-0.2, -0.15) is 5.10 Å². The largest absolute Gasteiger partial charge is 0.388 e. The van der Waals surface area contributed by atoms with Gasteiger partial charge in [0.05, 0.1) is 5.71 Å². The fourth-order valence-corrected chi connectivity index (χ4v) is 3.19.